The Balaban J connectivity index is 1.28. The second-order valence-electron chi connectivity index (χ2n) is 8.80. The molecule has 31 heavy (non-hydrogen) atoms. The van der Waals surface area contributed by atoms with Crippen LogP contribution in [0.2, 0.25) is 10.0 Å². The molecule has 1 heterocycles. The van der Waals surface area contributed by atoms with Gasteiger partial charge in [-0.15, -0.1) is 0 Å². The average Bonchev–Trinajstić information content (AvgIpc) is 3.53. The van der Waals surface area contributed by atoms with Crippen molar-refractivity contribution in [3.63, 3.8) is 0 Å². The molecule has 7 rings (SSSR count). The lowest BCUT2D eigenvalue weighted by molar-refractivity contribution is -0.124. The number of allylic oxidation sites excluding steroid dienone is 2. The van der Waals surface area contributed by atoms with E-state index in [1.54, 1.807) is 42.5 Å². The van der Waals surface area contributed by atoms with Crippen molar-refractivity contribution in [1.82, 2.24) is 0 Å². The van der Waals surface area contributed by atoms with E-state index in [1.165, 1.54) is 4.90 Å². The van der Waals surface area contributed by atoms with Crippen LogP contribution in [0.5, 0.6) is 0 Å². The maximum Gasteiger partial charge on any atom is 0.255 e. The molecular formula is C24H18Cl2N2O3. The van der Waals surface area contributed by atoms with E-state index in [0.717, 1.165) is 6.42 Å². The van der Waals surface area contributed by atoms with E-state index < -0.39 is 0 Å². The normalized spacial score (nSPS) is 32.1. The molecule has 156 valence electrons. The van der Waals surface area contributed by atoms with Crippen molar-refractivity contribution in [2.75, 3.05) is 10.2 Å². The van der Waals surface area contributed by atoms with Crippen LogP contribution in [0.1, 0.15) is 16.8 Å². The van der Waals surface area contributed by atoms with E-state index in [0.29, 0.717) is 38.8 Å². The van der Waals surface area contributed by atoms with Gasteiger partial charge in [0.2, 0.25) is 11.8 Å². The third kappa shape index (κ3) is 2.80. The number of anilines is 2. The van der Waals surface area contributed by atoms with Crippen LogP contribution in [0.25, 0.3) is 0 Å². The van der Waals surface area contributed by atoms with Crippen molar-refractivity contribution < 1.29 is 14.4 Å². The first-order valence-electron chi connectivity index (χ1n) is 10.4. The van der Waals surface area contributed by atoms with Crippen LogP contribution in [0.3, 0.4) is 0 Å². The van der Waals surface area contributed by atoms with E-state index in [-0.39, 0.29) is 41.4 Å². The molecule has 3 fully saturated rings. The van der Waals surface area contributed by atoms with Gasteiger partial charge in [-0.05, 0) is 66.5 Å². The van der Waals surface area contributed by atoms with Gasteiger partial charge in [-0.1, -0.05) is 41.4 Å². The number of imide groups is 1. The SMILES string of the molecule is O=C(Nc1ccc(Cl)cc1Cl)c1cccc(N2C(=O)[C@H]3[C@@H]4C=C[C@@H]([C@H]5C[C@H]45)[C@@H]3C2=O)c1. The van der Waals surface area contributed by atoms with Gasteiger partial charge >= 0.3 is 0 Å². The van der Waals surface area contributed by atoms with Crippen molar-refractivity contribution >= 4 is 52.3 Å². The Morgan fingerprint density at radius 1 is 0.935 bits per heavy atom. The van der Waals surface area contributed by atoms with Crippen LogP contribution in [-0.4, -0.2) is 17.7 Å². The smallest absolute Gasteiger partial charge is 0.255 e. The first kappa shape index (κ1) is 19.1. The summed E-state index contributed by atoms with van der Waals surface area (Å²) in [6, 6.07) is 11.4. The lowest BCUT2D eigenvalue weighted by atomic mass is 9.63. The molecule has 0 spiro atoms. The molecule has 2 aromatic carbocycles. The molecule has 5 nitrogen and oxygen atoms in total. The van der Waals surface area contributed by atoms with E-state index in [2.05, 4.69) is 17.5 Å². The maximum absolute atomic E-state index is 13.3. The van der Waals surface area contributed by atoms with Gasteiger partial charge in [0.25, 0.3) is 5.91 Å². The van der Waals surface area contributed by atoms with E-state index >= 15 is 0 Å². The van der Waals surface area contributed by atoms with Gasteiger partial charge in [-0.25, -0.2) is 4.90 Å². The number of amides is 3. The molecule has 0 unspecified atom stereocenters. The largest absolute Gasteiger partial charge is 0.321 e. The molecular weight excluding hydrogens is 435 g/mol. The summed E-state index contributed by atoms with van der Waals surface area (Å²) in [5.74, 6) is 0.234. The number of carbonyl (C=O) groups excluding carboxylic acids is 3. The number of carbonyl (C=O) groups is 3. The fourth-order valence-electron chi connectivity index (χ4n) is 5.78. The Labute approximate surface area is 189 Å². The topological polar surface area (TPSA) is 66.5 Å². The number of hydrogen-bond donors (Lipinski definition) is 1. The lowest BCUT2D eigenvalue weighted by Crippen LogP contribution is -2.40. The molecule has 2 saturated carbocycles. The summed E-state index contributed by atoms with van der Waals surface area (Å²) in [7, 11) is 0. The van der Waals surface area contributed by atoms with Crippen molar-refractivity contribution in [3.05, 3.63) is 70.2 Å². The third-order valence-corrected chi connectivity index (χ3v) is 7.76. The zero-order valence-corrected chi connectivity index (χ0v) is 17.8. The predicted molar refractivity (Wildman–Crippen MR) is 118 cm³/mol. The second kappa shape index (κ2) is 6.68. The van der Waals surface area contributed by atoms with E-state index in [1.807, 2.05) is 0 Å². The molecule has 1 saturated heterocycles. The molecule has 2 bridgehead atoms. The highest BCUT2D eigenvalue weighted by molar-refractivity contribution is 6.36. The Morgan fingerprint density at radius 3 is 2.26 bits per heavy atom. The molecule has 1 N–H and O–H groups in total. The molecule has 2 aromatic rings. The molecule has 0 radical (unpaired) electrons. The van der Waals surface area contributed by atoms with Gasteiger partial charge in [-0.3, -0.25) is 14.4 Å². The first-order chi connectivity index (χ1) is 14.9. The van der Waals surface area contributed by atoms with Crippen molar-refractivity contribution in [3.8, 4) is 0 Å². The maximum atomic E-state index is 13.3. The summed E-state index contributed by atoms with van der Waals surface area (Å²) in [6.07, 6.45) is 5.42. The Hall–Kier alpha value is -2.63. The second-order valence-corrected chi connectivity index (χ2v) is 9.64. The minimum absolute atomic E-state index is 0.141. The number of nitrogens with one attached hydrogen (secondary N) is 1. The summed E-state index contributed by atoms with van der Waals surface area (Å²) in [4.78, 5) is 40.7. The van der Waals surface area contributed by atoms with Crippen LogP contribution in [0.15, 0.2) is 54.6 Å². The Morgan fingerprint density at radius 2 is 1.61 bits per heavy atom. The summed E-state index contributed by atoms with van der Waals surface area (Å²) in [5.41, 5.74) is 1.21. The monoisotopic (exact) mass is 452 g/mol. The molecule has 6 atom stereocenters. The van der Waals surface area contributed by atoms with Crippen molar-refractivity contribution in [1.29, 1.82) is 0 Å². The third-order valence-electron chi connectivity index (χ3n) is 7.21. The minimum Gasteiger partial charge on any atom is -0.321 e. The van der Waals surface area contributed by atoms with E-state index in [9.17, 15) is 14.4 Å². The quantitative estimate of drug-likeness (QED) is 0.536. The number of rotatable bonds is 3. The molecule has 3 amide bonds. The fourth-order valence-corrected chi connectivity index (χ4v) is 6.24. The number of hydrogen-bond acceptors (Lipinski definition) is 3. The first-order valence-corrected chi connectivity index (χ1v) is 11.1. The fraction of sp³-hybridized carbons (Fsp3) is 0.292. The Bertz CT molecular complexity index is 1160. The highest BCUT2D eigenvalue weighted by Gasteiger charge is 2.67. The summed E-state index contributed by atoms with van der Waals surface area (Å²) >= 11 is 12.1. The highest BCUT2D eigenvalue weighted by Crippen LogP contribution is 2.65. The van der Waals surface area contributed by atoms with Crippen LogP contribution in [-0.2, 0) is 9.59 Å². The van der Waals surface area contributed by atoms with Gasteiger partial charge in [0.05, 0.1) is 28.2 Å². The summed E-state index contributed by atoms with van der Waals surface area (Å²) in [5, 5.41) is 3.55. The molecule has 7 heteroatoms. The van der Waals surface area contributed by atoms with Gasteiger partial charge in [-0.2, -0.15) is 0 Å². The van der Waals surface area contributed by atoms with Gasteiger partial charge in [0.1, 0.15) is 0 Å². The van der Waals surface area contributed by atoms with Crippen molar-refractivity contribution in [2.45, 2.75) is 6.42 Å². The van der Waals surface area contributed by atoms with E-state index in [4.69, 9.17) is 23.2 Å². The average molecular weight is 453 g/mol. The Kier molecular flexibility index (Phi) is 4.11. The van der Waals surface area contributed by atoms with Gasteiger partial charge in [0.15, 0.2) is 0 Å². The number of halogens is 2. The number of benzene rings is 2. The predicted octanol–water partition coefficient (Wildman–Crippen LogP) is 4.80. The van der Waals surface area contributed by atoms with Crippen LogP contribution in [0.4, 0.5) is 11.4 Å². The van der Waals surface area contributed by atoms with Crippen LogP contribution < -0.4 is 10.2 Å². The zero-order chi connectivity index (χ0) is 21.4. The minimum atomic E-state index is -0.384. The van der Waals surface area contributed by atoms with Gasteiger partial charge < -0.3 is 5.32 Å². The molecule has 1 aliphatic heterocycles. The van der Waals surface area contributed by atoms with Crippen LogP contribution in [0, 0.1) is 35.5 Å². The number of nitrogens with zero attached hydrogens (tertiary/aromatic N) is 1. The van der Waals surface area contributed by atoms with Crippen LogP contribution >= 0.6 is 23.2 Å². The lowest BCUT2D eigenvalue weighted by Gasteiger charge is -2.37. The van der Waals surface area contributed by atoms with Gasteiger partial charge in [0, 0.05) is 10.6 Å². The zero-order valence-electron chi connectivity index (χ0n) is 16.3. The van der Waals surface area contributed by atoms with Crippen molar-refractivity contribution in [2.24, 2.45) is 35.5 Å². The highest BCUT2D eigenvalue weighted by atomic mass is 35.5. The molecule has 4 aliphatic carbocycles. The summed E-state index contributed by atoms with van der Waals surface area (Å²) < 4.78 is 0. The molecule has 5 aliphatic rings. The summed E-state index contributed by atoms with van der Waals surface area (Å²) in [6.45, 7) is 0. The standard InChI is InChI=1S/C24H18Cl2N2O3/c25-12-4-7-19(18(26)9-12)27-22(29)11-2-1-3-13(8-11)28-23(30)20-14-5-6-15(17-10-16(14)17)21(20)24(28)31/h1-9,14-17,20-21H,10H2,(H,27,29)/t14-,15+,16-,17-,20+,21+/m1/s1. The molecule has 0 aromatic heterocycles.